The molecule has 0 unspecified atom stereocenters. The zero-order valence-electron chi connectivity index (χ0n) is 8.89. The number of carbonyl (C=O) groups excluding carboxylic acids is 1. The van der Waals surface area contributed by atoms with Crippen LogP contribution in [0.25, 0.3) is 0 Å². The predicted octanol–water partition coefficient (Wildman–Crippen LogP) is 2.18. The molecular formula is C10H8F3O3Re-. The molecule has 0 aliphatic rings. The zero-order valence-corrected chi connectivity index (χ0v) is 11.6. The maximum Gasteiger partial charge on any atom is 0.371 e. The topological polar surface area (TPSA) is 35.5 Å². The maximum atomic E-state index is 12.6. The zero-order chi connectivity index (χ0) is 12.3. The summed E-state index contributed by atoms with van der Waals surface area (Å²) in [4.78, 5) is 10.5. The van der Waals surface area contributed by atoms with Gasteiger partial charge in [-0.25, -0.2) is 0 Å². The minimum Gasteiger partial charge on any atom is -0.553 e. The number of alkyl halides is 3. The molecule has 0 bridgehead atoms. The van der Waals surface area contributed by atoms with E-state index in [2.05, 4.69) is 9.47 Å². The van der Waals surface area contributed by atoms with Gasteiger partial charge in [-0.15, -0.1) is 0 Å². The van der Waals surface area contributed by atoms with E-state index in [1.54, 1.807) is 0 Å². The third-order valence-corrected chi connectivity index (χ3v) is 1.94. The van der Waals surface area contributed by atoms with Gasteiger partial charge in [0.05, 0.1) is 26.3 Å². The molecule has 0 fully saturated rings. The Morgan fingerprint density at radius 3 is 2.12 bits per heavy atom. The average molecular weight is 419 g/mol. The summed E-state index contributed by atoms with van der Waals surface area (Å²) in [5, 5.41) is 0. The molecule has 0 N–H and O–H groups in total. The third kappa shape index (κ3) is 3.45. The van der Waals surface area contributed by atoms with Crippen LogP contribution in [-0.4, -0.2) is 20.5 Å². The van der Waals surface area contributed by atoms with Gasteiger partial charge in [0.25, 0.3) is 0 Å². The SMILES string of the molecule is COc1cc(OC)c([C-]=O)c(C(F)(F)F)c1.[Re]. The van der Waals surface area contributed by atoms with E-state index in [-0.39, 0.29) is 31.9 Å². The number of hydrogen-bond acceptors (Lipinski definition) is 3. The fraction of sp³-hybridized carbons (Fsp3) is 0.300. The van der Waals surface area contributed by atoms with Crippen molar-refractivity contribution in [2.24, 2.45) is 0 Å². The second kappa shape index (κ2) is 6.03. The van der Waals surface area contributed by atoms with Gasteiger partial charge in [0.1, 0.15) is 0 Å². The van der Waals surface area contributed by atoms with Gasteiger partial charge in [0, 0.05) is 26.2 Å². The molecule has 0 aliphatic carbocycles. The summed E-state index contributed by atoms with van der Waals surface area (Å²) in [7, 11) is 2.38. The fourth-order valence-electron chi connectivity index (χ4n) is 1.20. The summed E-state index contributed by atoms with van der Waals surface area (Å²) in [6.07, 6.45) is -3.44. The Labute approximate surface area is 110 Å². The van der Waals surface area contributed by atoms with Gasteiger partial charge in [-0.1, -0.05) is 11.6 Å². The Balaban J connectivity index is 0.00000256. The average Bonchev–Trinajstić information content (AvgIpc) is 2.25. The van der Waals surface area contributed by atoms with E-state index in [9.17, 15) is 18.0 Å². The van der Waals surface area contributed by atoms with E-state index < -0.39 is 17.3 Å². The Bertz CT molecular complexity index is 405. The molecule has 1 rings (SSSR count). The Morgan fingerprint density at radius 2 is 1.76 bits per heavy atom. The van der Waals surface area contributed by atoms with Gasteiger partial charge in [0.2, 0.25) is 0 Å². The summed E-state index contributed by atoms with van der Waals surface area (Å²) >= 11 is 0. The van der Waals surface area contributed by atoms with E-state index in [4.69, 9.17) is 0 Å². The van der Waals surface area contributed by atoms with Gasteiger partial charge in [-0.2, -0.15) is 13.2 Å². The molecule has 3 nitrogen and oxygen atoms in total. The van der Waals surface area contributed by atoms with Crippen LogP contribution in [0.5, 0.6) is 11.5 Å². The van der Waals surface area contributed by atoms with E-state index in [0.717, 1.165) is 13.2 Å². The van der Waals surface area contributed by atoms with Gasteiger partial charge in [-0.05, 0) is 11.6 Å². The van der Waals surface area contributed by atoms with E-state index in [0.29, 0.717) is 0 Å². The normalized spacial score (nSPS) is 10.4. The van der Waals surface area contributed by atoms with Crippen LogP contribution in [-0.2, 0) is 31.4 Å². The van der Waals surface area contributed by atoms with E-state index >= 15 is 0 Å². The van der Waals surface area contributed by atoms with Gasteiger partial charge < -0.3 is 14.3 Å². The summed E-state index contributed by atoms with van der Waals surface area (Å²) in [5.41, 5.74) is -1.78. The largest absolute Gasteiger partial charge is 0.553 e. The first kappa shape index (κ1) is 15.9. The monoisotopic (exact) mass is 420 g/mol. The van der Waals surface area contributed by atoms with Crippen LogP contribution in [0.2, 0.25) is 0 Å². The number of ether oxygens (including phenoxy) is 2. The molecule has 0 saturated carbocycles. The molecular weight excluding hydrogens is 411 g/mol. The second-order valence-electron chi connectivity index (χ2n) is 2.85. The van der Waals surface area contributed by atoms with Crippen LogP contribution in [0.1, 0.15) is 11.1 Å². The van der Waals surface area contributed by atoms with Gasteiger partial charge in [0.15, 0.2) is 0 Å². The van der Waals surface area contributed by atoms with Crippen LogP contribution in [0.3, 0.4) is 0 Å². The van der Waals surface area contributed by atoms with Crippen LogP contribution < -0.4 is 9.47 Å². The predicted molar refractivity (Wildman–Crippen MR) is 49.3 cm³/mol. The first-order valence-corrected chi connectivity index (χ1v) is 4.15. The van der Waals surface area contributed by atoms with Crippen molar-refractivity contribution < 1.29 is 47.9 Å². The van der Waals surface area contributed by atoms with Crippen molar-refractivity contribution in [3.05, 3.63) is 23.3 Å². The molecule has 0 atom stereocenters. The van der Waals surface area contributed by atoms with Crippen molar-refractivity contribution in [1.29, 1.82) is 0 Å². The third-order valence-electron chi connectivity index (χ3n) is 1.94. The maximum absolute atomic E-state index is 12.6. The van der Waals surface area contributed by atoms with Crippen molar-refractivity contribution >= 4 is 6.29 Å². The molecule has 1 aromatic rings. The number of rotatable bonds is 3. The Hall–Kier alpha value is -1.06. The number of benzene rings is 1. The van der Waals surface area contributed by atoms with Crippen LogP contribution in [0.4, 0.5) is 13.2 Å². The molecule has 0 aromatic heterocycles. The first-order chi connectivity index (χ1) is 7.43. The molecule has 0 saturated heterocycles. The van der Waals surface area contributed by atoms with Crippen molar-refractivity contribution in [3.63, 3.8) is 0 Å². The minimum atomic E-state index is -4.66. The first-order valence-electron chi connectivity index (χ1n) is 4.15. The van der Waals surface area contributed by atoms with Gasteiger partial charge in [-0.3, -0.25) is 0 Å². The van der Waals surface area contributed by atoms with Crippen LogP contribution in [0.15, 0.2) is 12.1 Å². The molecule has 1 radical (unpaired) electrons. The van der Waals surface area contributed by atoms with Crippen LogP contribution >= 0.6 is 0 Å². The summed E-state index contributed by atoms with van der Waals surface area (Å²) in [6, 6.07) is 1.91. The van der Waals surface area contributed by atoms with Crippen molar-refractivity contribution in [2.45, 2.75) is 6.18 Å². The molecule has 0 spiro atoms. The van der Waals surface area contributed by atoms with Crippen LogP contribution in [0, 0.1) is 0 Å². The molecule has 0 amide bonds. The minimum absolute atomic E-state index is 0. The molecule has 0 heterocycles. The molecule has 0 aliphatic heterocycles. The molecule has 17 heavy (non-hydrogen) atoms. The second-order valence-corrected chi connectivity index (χ2v) is 2.85. The van der Waals surface area contributed by atoms with Crippen molar-refractivity contribution in [3.8, 4) is 11.5 Å². The van der Waals surface area contributed by atoms with Crippen molar-refractivity contribution in [2.75, 3.05) is 14.2 Å². The smallest absolute Gasteiger partial charge is 0.371 e. The quantitative estimate of drug-likeness (QED) is 0.705. The number of hydrogen-bond donors (Lipinski definition) is 0. The van der Waals surface area contributed by atoms with E-state index in [1.807, 2.05) is 0 Å². The van der Waals surface area contributed by atoms with E-state index in [1.165, 1.54) is 19.5 Å². The molecule has 1 aromatic carbocycles. The summed E-state index contributed by atoms with van der Waals surface area (Å²) in [6.45, 7) is 0. The van der Waals surface area contributed by atoms with Gasteiger partial charge >= 0.3 is 6.18 Å². The molecule has 95 valence electrons. The fourth-order valence-corrected chi connectivity index (χ4v) is 1.20. The van der Waals surface area contributed by atoms with Crippen molar-refractivity contribution in [1.82, 2.24) is 0 Å². The standard InChI is InChI=1S/C10H8F3O3.Re/c1-15-6-3-8(10(11,12)13)7(5-14)9(4-6)16-2;/h3-4H,1-2H3;/q-1;. The number of halogens is 3. The summed E-state index contributed by atoms with van der Waals surface area (Å²) in [5.74, 6) is -0.259. The Kier molecular flexibility index (Phi) is 5.66. The molecule has 7 heteroatoms. The Morgan fingerprint density at radius 1 is 1.18 bits per heavy atom. The number of methoxy groups -OCH3 is 2. The summed E-state index contributed by atoms with van der Waals surface area (Å²) < 4.78 is 47.1.